The third-order valence-corrected chi connectivity index (χ3v) is 13.7. The number of phenols is 1. The van der Waals surface area contributed by atoms with Gasteiger partial charge in [0.25, 0.3) is 0 Å². The summed E-state index contributed by atoms with van der Waals surface area (Å²) in [5.74, 6) is 3.86. The van der Waals surface area contributed by atoms with Crippen LogP contribution in [0.4, 0.5) is 5.82 Å². The molecule has 5 heterocycles. The Kier molecular flexibility index (Phi) is 19.1. The third kappa shape index (κ3) is 13.0. The van der Waals surface area contributed by atoms with Crippen molar-refractivity contribution < 1.29 is 33.6 Å². The van der Waals surface area contributed by atoms with Crippen molar-refractivity contribution in [3.63, 3.8) is 0 Å². The Hall–Kier alpha value is -7.45. The standard InChI is InChI=1S/C21H22N2O2.C20H26N2O3.C19H25N3O2/c1-4-17-20(24)10-7-11-21(17)25-14-16-8-5-6-9-18(16)19-12-13-22-23(19)15(2)3;1-14(2)22-19(7-9-21-22)18-13-24-10-8-16(18)12-25-20-6-4-5-15(3)17(20)11-23;1-14(2)22-19(9-10-20-22)21-11-5-7-16(21)13-24-18-8-4-6-15(3)17(18)12-23/h4-13,15,24H,1,14H2,2-3H3;4-7,9,11,14,16,18H,8,10,12-13H2,1-3H3;4,6,8-10,12,14,16H,5,7,11,13H2,1-3H3/t;16-,18+;16-/m.10/s1. The van der Waals surface area contributed by atoms with Crippen LogP contribution in [0.2, 0.25) is 0 Å². The quantitative estimate of drug-likeness (QED) is 0.0819. The molecule has 14 nitrogen and oxygen atoms in total. The molecule has 7 aromatic rings. The second kappa shape index (κ2) is 26.0. The molecule has 2 saturated heterocycles. The van der Waals surface area contributed by atoms with Crippen LogP contribution < -0.4 is 19.1 Å². The van der Waals surface area contributed by atoms with Crippen molar-refractivity contribution >= 4 is 24.5 Å². The summed E-state index contributed by atoms with van der Waals surface area (Å²) in [6, 6.07) is 32.2. The number of aldehydes is 2. The minimum absolute atomic E-state index is 0.165. The summed E-state index contributed by atoms with van der Waals surface area (Å²) < 4.78 is 29.9. The van der Waals surface area contributed by atoms with Gasteiger partial charge >= 0.3 is 0 Å². The normalized spacial score (nSPS) is 16.3. The Morgan fingerprint density at radius 2 is 1.27 bits per heavy atom. The molecule has 0 unspecified atom stereocenters. The SMILES string of the molecule is C=Cc1c(O)cccc1OCc1ccccc1-c1ccnn1C(C)C.Cc1cccc(OC[C@@H]2CCCN2c2ccnn2C(C)C)c1C=O.Cc1cccc(OC[C@H]2CCOC[C@@H]2c2ccnn2C(C)C)c1C=O. The second-order valence-corrected chi connectivity index (χ2v) is 19.7. The van der Waals surface area contributed by atoms with E-state index in [4.69, 9.17) is 18.9 Å². The Morgan fingerprint density at radius 3 is 1.93 bits per heavy atom. The van der Waals surface area contributed by atoms with Gasteiger partial charge in [-0.15, -0.1) is 0 Å². The van der Waals surface area contributed by atoms with E-state index in [1.807, 2.05) is 104 Å². The number of aryl methyl sites for hydroxylation is 2. The van der Waals surface area contributed by atoms with Crippen molar-refractivity contribution in [3.8, 4) is 34.3 Å². The lowest BCUT2D eigenvalue weighted by Gasteiger charge is -2.32. The summed E-state index contributed by atoms with van der Waals surface area (Å²) in [5.41, 5.74) is 8.19. The highest BCUT2D eigenvalue weighted by Crippen LogP contribution is 2.35. The fraction of sp³-hybridized carbons (Fsp3) is 0.383. The van der Waals surface area contributed by atoms with E-state index in [1.165, 1.54) is 5.69 Å². The van der Waals surface area contributed by atoms with Gasteiger partial charge < -0.3 is 29.0 Å². The van der Waals surface area contributed by atoms with Gasteiger partial charge in [-0.25, -0.2) is 4.68 Å². The molecular weight excluding hydrogens is 931 g/mol. The maximum Gasteiger partial charge on any atom is 0.154 e. The van der Waals surface area contributed by atoms with Gasteiger partial charge in [0.1, 0.15) is 42.0 Å². The number of aromatic nitrogens is 6. The molecular formula is C60H73N7O7. The number of hydrogen-bond donors (Lipinski definition) is 1. The molecule has 3 aromatic heterocycles. The predicted octanol–water partition coefficient (Wildman–Crippen LogP) is 12.5. The molecule has 14 heteroatoms. The number of benzene rings is 4. The average Bonchev–Trinajstić information content (AvgIpc) is 4.26. The average molecular weight is 1000 g/mol. The topological polar surface area (TPSA) is 148 Å². The summed E-state index contributed by atoms with van der Waals surface area (Å²) in [7, 11) is 0. The van der Waals surface area contributed by atoms with E-state index < -0.39 is 0 Å². The van der Waals surface area contributed by atoms with E-state index in [9.17, 15) is 14.7 Å². The van der Waals surface area contributed by atoms with Crippen molar-refractivity contribution in [1.82, 2.24) is 29.3 Å². The first-order chi connectivity index (χ1) is 35.8. The van der Waals surface area contributed by atoms with Crippen LogP contribution in [-0.4, -0.2) is 86.0 Å². The lowest BCUT2D eigenvalue weighted by atomic mass is 9.86. The first kappa shape index (κ1) is 54.3. The highest BCUT2D eigenvalue weighted by atomic mass is 16.5. The second-order valence-electron chi connectivity index (χ2n) is 19.7. The zero-order valence-electron chi connectivity index (χ0n) is 44.3. The lowest BCUT2D eigenvalue weighted by Crippen LogP contribution is -2.36. The van der Waals surface area contributed by atoms with Gasteiger partial charge in [-0.3, -0.25) is 19.0 Å². The molecule has 4 aromatic carbocycles. The Morgan fingerprint density at radius 1 is 0.676 bits per heavy atom. The number of hydrogen-bond acceptors (Lipinski definition) is 11. The molecule has 0 spiro atoms. The molecule has 2 aliphatic heterocycles. The number of rotatable bonds is 18. The lowest BCUT2D eigenvalue weighted by molar-refractivity contribution is 0.0272. The van der Waals surface area contributed by atoms with Crippen LogP contribution in [0.1, 0.15) is 134 Å². The zero-order valence-corrected chi connectivity index (χ0v) is 44.3. The molecule has 0 radical (unpaired) electrons. The van der Waals surface area contributed by atoms with Crippen molar-refractivity contribution in [1.29, 1.82) is 0 Å². The Labute approximate surface area is 436 Å². The summed E-state index contributed by atoms with van der Waals surface area (Å²) >= 11 is 0. The van der Waals surface area contributed by atoms with E-state index in [1.54, 1.807) is 18.2 Å². The van der Waals surface area contributed by atoms with Gasteiger partial charge in [0.2, 0.25) is 0 Å². The van der Waals surface area contributed by atoms with Crippen LogP contribution in [0, 0.1) is 19.8 Å². The summed E-state index contributed by atoms with van der Waals surface area (Å²) in [5, 5.41) is 23.2. The third-order valence-electron chi connectivity index (χ3n) is 13.7. The Bertz CT molecular complexity index is 2930. The van der Waals surface area contributed by atoms with E-state index in [2.05, 4.69) is 95.9 Å². The molecule has 0 bridgehead atoms. The number of phenolic OH excluding ortho intramolecular Hbond substituents is 1. The van der Waals surface area contributed by atoms with E-state index >= 15 is 0 Å². The van der Waals surface area contributed by atoms with Crippen LogP contribution in [0.15, 0.2) is 122 Å². The minimum Gasteiger partial charge on any atom is -0.507 e. The number of ether oxygens (including phenoxy) is 4. The number of anilines is 1. The highest BCUT2D eigenvalue weighted by Gasteiger charge is 2.32. The van der Waals surface area contributed by atoms with Gasteiger partial charge in [-0.2, -0.15) is 15.3 Å². The smallest absolute Gasteiger partial charge is 0.154 e. The molecule has 9 rings (SSSR count). The summed E-state index contributed by atoms with van der Waals surface area (Å²) in [4.78, 5) is 25.0. The van der Waals surface area contributed by atoms with Crippen LogP contribution in [0.25, 0.3) is 17.3 Å². The first-order valence-electron chi connectivity index (χ1n) is 25.8. The zero-order chi connectivity index (χ0) is 52.7. The molecule has 1 N–H and O–H groups in total. The van der Waals surface area contributed by atoms with Crippen LogP contribution in [0.3, 0.4) is 0 Å². The monoisotopic (exact) mass is 1000 g/mol. The molecule has 2 aliphatic rings. The van der Waals surface area contributed by atoms with Crippen LogP contribution >= 0.6 is 0 Å². The van der Waals surface area contributed by atoms with Crippen molar-refractivity contribution in [2.75, 3.05) is 37.9 Å². The number of aromatic hydroxyl groups is 1. The fourth-order valence-electron chi connectivity index (χ4n) is 9.70. The first-order valence-corrected chi connectivity index (χ1v) is 25.8. The molecule has 3 atom stereocenters. The number of carbonyl (C=O) groups excluding carboxylic acids is 2. The van der Waals surface area contributed by atoms with Crippen molar-refractivity contribution in [2.45, 2.75) is 111 Å². The van der Waals surface area contributed by atoms with Crippen LogP contribution in [0.5, 0.6) is 23.0 Å². The molecule has 74 heavy (non-hydrogen) atoms. The maximum absolute atomic E-state index is 11.4. The van der Waals surface area contributed by atoms with Gasteiger partial charge in [0.05, 0.1) is 47.8 Å². The van der Waals surface area contributed by atoms with Crippen molar-refractivity contribution in [2.24, 2.45) is 5.92 Å². The number of nitrogens with zero attached hydrogens (tertiary/aromatic N) is 7. The summed E-state index contributed by atoms with van der Waals surface area (Å²) in [6.07, 6.45) is 12.1. The molecule has 390 valence electrons. The highest BCUT2D eigenvalue weighted by molar-refractivity contribution is 5.82. The fourth-order valence-corrected chi connectivity index (χ4v) is 9.70. The van der Waals surface area contributed by atoms with Crippen molar-refractivity contribution in [3.05, 3.63) is 161 Å². The summed E-state index contributed by atoms with van der Waals surface area (Å²) in [6.45, 7) is 24.3. The Balaban J connectivity index is 0.000000162. The van der Waals surface area contributed by atoms with Gasteiger partial charge in [0, 0.05) is 72.8 Å². The predicted molar refractivity (Wildman–Crippen MR) is 292 cm³/mol. The molecule has 2 fully saturated rings. The number of carbonyl (C=O) groups is 2. The molecule has 0 saturated carbocycles. The largest absolute Gasteiger partial charge is 0.507 e. The maximum atomic E-state index is 11.4. The molecule has 0 amide bonds. The van der Waals surface area contributed by atoms with Gasteiger partial charge in [-0.05, 0) is 128 Å². The molecule has 0 aliphatic carbocycles. The van der Waals surface area contributed by atoms with Gasteiger partial charge in [0.15, 0.2) is 12.6 Å². The van der Waals surface area contributed by atoms with E-state index in [0.29, 0.717) is 84.4 Å². The van der Waals surface area contributed by atoms with E-state index in [0.717, 1.165) is 78.8 Å². The van der Waals surface area contributed by atoms with E-state index in [-0.39, 0.29) is 17.7 Å². The van der Waals surface area contributed by atoms with Gasteiger partial charge in [-0.1, -0.05) is 67.3 Å². The minimum atomic E-state index is 0.165. The van der Waals surface area contributed by atoms with Crippen LogP contribution in [-0.2, 0) is 11.3 Å².